The number of fused-ring (bicyclic) bond motifs is 5. The van der Waals surface area contributed by atoms with Crippen molar-refractivity contribution < 1.29 is 15.0 Å². The second kappa shape index (κ2) is 5.83. The lowest BCUT2D eigenvalue weighted by Crippen LogP contribution is -2.53. The molecule has 4 aliphatic carbocycles. The van der Waals surface area contributed by atoms with Crippen LogP contribution >= 0.6 is 0 Å². The predicted octanol–water partition coefficient (Wildman–Crippen LogP) is 5.04. The van der Waals surface area contributed by atoms with Crippen molar-refractivity contribution in [1.29, 1.82) is 0 Å². The Bertz CT molecular complexity index is 635. The molecule has 3 nitrogen and oxygen atoms in total. The van der Waals surface area contributed by atoms with Crippen LogP contribution in [0.1, 0.15) is 79.1 Å². The van der Waals surface area contributed by atoms with Gasteiger partial charge in [0.2, 0.25) is 0 Å². The maximum Gasteiger partial charge on any atom is 0.313 e. The summed E-state index contributed by atoms with van der Waals surface area (Å²) in [5.74, 6) is 2.12. The summed E-state index contributed by atoms with van der Waals surface area (Å²) in [6.07, 6.45) is 11.3. The molecule has 0 spiro atoms. The number of aliphatic hydroxyl groups is 1. The Balaban J connectivity index is 1.61. The number of carboxylic acid groups (broad SMARTS) is 1. The van der Waals surface area contributed by atoms with E-state index >= 15 is 0 Å². The van der Waals surface area contributed by atoms with Gasteiger partial charge in [-0.25, -0.2) is 0 Å². The quantitative estimate of drug-likeness (QED) is 0.679. The molecule has 3 unspecified atom stereocenters. The van der Waals surface area contributed by atoms with Gasteiger partial charge in [0.25, 0.3) is 0 Å². The second-order valence-electron chi connectivity index (χ2n) is 10.9. The Labute approximate surface area is 158 Å². The van der Waals surface area contributed by atoms with E-state index in [0.717, 1.165) is 36.7 Å². The first-order valence-electron chi connectivity index (χ1n) is 10.7. The van der Waals surface area contributed by atoms with E-state index in [1.54, 1.807) is 0 Å². The van der Waals surface area contributed by atoms with Gasteiger partial charge >= 0.3 is 5.97 Å². The number of carboxylic acids is 1. The zero-order valence-electron chi connectivity index (χ0n) is 16.9. The zero-order chi connectivity index (χ0) is 18.9. The highest BCUT2D eigenvalue weighted by Crippen LogP contribution is 2.66. The number of rotatable bonds is 2. The molecule has 26 heavy (non-hydrogen) atoms. The van der Waals surface area contributed by atoms with E-state index in [-0.39, 0.29) is 11.5 Å². The number of allylic oxidation sites excluding steroid dienone is 1. The molecule has 0 heterocycles. The smallest absolute Gasteiger partial charge is 0.313 e. The molecule has 4 aliphatic rings. The molecule has 3 fully saturated rings. The van der Waals surface area contributed by atoms with Gasteiger partial charge in [0.1, 0.15) is 0 Å². The molecule has 0 aromatic rings. The Hall–Kier alpha value is -0.830. The van der Waals surface area contributed by atoms with Gasteiger partial charge in [-0.1, -0.05) is 25.5 Å². The fraction of sp³-hybridized carbons (Fsp3) is 0.870. The van der Waals surface area contributed by atoms with Crippen molar-refractivity contribution in [3.63, 3.8) is 0 Å². The summed E-state index contributed by atoms with van der Waals surface area (Å²) < 4.78 is 0. The molecular formula is C23H36O3. The van der Waals surface area contributed by atoms with Crippen LogP contribution in [-0.4, -0.2) is 22.3 Å². The van der Waals surface area contributed by atoms with E-state index in [1.165, 1.54) is 32.1 Å². The summed E-state index contributed by atoms with van der Waals surface area (Å²) in [6.45, 7) is 8.56. The second-order valence-corrected chi connectivity index (χ2v) is 10.9. The topological polar surface area (TPSA) is 57.5 Å². The largest absolute Gasteiger partial charge is 0.481 e. The standard InChI is InChI=1S/C23H36O3/c1-21(2,20(25)26)14-9-11-22(3)15(13-14)5-6-16-17-7-8-19(24)23(17,4)12-10-18(16)22/h9,15-19,24H,5-8,10-13H2,1-4H3,(H,25,26)/t15-,16?,17?,18?,19-,22-,23-/m0/s1. The van der Waals surface area contributed by atoms with Crippen LogP contribution < -0.4 is 0 Å². The number of aliphatic carboxylic acids is 1. The molecule has 0 saturated heterocycles. The number of carbonyl (C=O) groups is 1. The van der Waals surface area contributed by atoms with Crippen LogP contribution in [0.25, 0.3) is 0 Å². The lowest BCUT2D eigenvalue weighted by molar-refractivity contribution is -0.145. The summed E-state index contributed by atoms with van der Waals surface area (Å²) in [6, 6.07) is 0. The minimum absolute atomic E-state index is 0.104. The van der Waals surface area contributed by atoms with Crippen LogP contribution in [0, 0.1) is 39.9 Å². The van der Waals surface area contributed by atoms with Gasteiger partial charge < -0.3 is 10.2 Å². The number of hydrogen-bond donors (Lipinski definition) is 2. The first-order chi connectivity index (χ1) is 12.1. The van der Waals surface area contributed by atoms with Crippen LogP contribution in [0.3, 0.4) is 0 Å². The molecule has 0 bridgehead atoms. The predicted molar refractivity (Wildman–Crippen MR) is 103 cm³/mol. The fourth-order valence-electron chi connectivity index (χ4n) is 7.50. The van der Waals surface area contributed by atoms with Gasteiger partial charge in [0.15, 0.2) is 0 Å². The van der Waals surface area contributed by atoms with E-state index in [4.69, 9.17) is 0 Å². The molecule has 0 aromatic carbocycles. The highest BCUT2D eigenvalue weighted by atomic mass is 16.4. The summed E-state index contributed by atoms with van der Waals surface area (Å²) in [4.78, 5) is 11.7. The Morgan fingerprint density at radius 1 is 1.08 bits per heavy atom. The molecule has 4 rings (SSSR count). The monoisotopic (exact) mass is 360 g/mol. The minimum atomic E-state index is -0.737. The van der Waals surface area contributed by atoms with Crippen molar-refractivity contribution in [1.82, 2.24) is 0 Å². The third kappa shape index (κ3) is 2.38. The lowest BCUT2D eigenvalue weighted by atomic mass is 9.45. The van der Waals surface area contributed by atoms with E-state index in [9.17, 15) is 15.0 Å². The van der Waals surface area contributed by atoms with Gasteiger partial charge in [0, 0.05) is 0 Å². The number of hydrogen-bond acceptors (Lipinski definition) is 2. The third-order valence-electron chi connectivity index (χ3n) is 9.61. The van der Waals surface area contributed by atoms with Crippen molar-refractivity contribution in [2.24, 2.45) is 39.9 Å². The van der Waals surface area contributed by atoms with Crippen LogP contribution in [0.5, 0.6) is 0 Å². The molecule has 2 N–H and O–H groups in total. The molecule has 0 amide bonds. The Kier molecular flexibility index (Phi) is 4.16. The summed E-state index contributed by atoms with van der Waals surface area (Å²) >= 11 is 0. The SMILES string of the molecule is CC(C)(C(=O)O)C1=CC[C@]2(C)C3CC[C@@]4(C)C(CC[C@@H]4O)C3CC[C@H]2C1. The highest BCUT2D eigenvalue weighted by molar-refractivity contribution is 5.77. The molecule has 3 saturated carbocycles. The van der Waals surface area contributed by atoms with Crippen molar-refractivity contribution >= 4 is 5.97 Å². The molecule has 7 atom stereocenters. The van der Waals surface area contributed by atoms with Crippen molar-refractivity contribution in [2.45, 2.75) is 85.2 Å². The first-order valence-corrected chi connectivity index (χ1v) is 10.7. The van der Waals surface area contributed by atoms with Crippen LogP contribution in [0.2, 0.25) is 0 Å². The summed E-state index contributed by atoms with van der Waals surface area (Å²) in [5.41, 5.74) is 0.864. The fourth-order valence-corrected chi connectivity index (χ4v) is 7.50. The molecule has 146 valence electrons. The van der Waals surface area contributed by atoms with Gasteiger partial charge in [0.05, 0.1) is 11.5 Å². The molecule has 3 heteroatoms. The highest BCUT2D eigenvalue weighted by Gasteiger charge is 2.59. The van der Waals surface area contributed by atoms with Gasteiger partial charge in [-0.3, -0.25) is 4.79 Å². The van der Waals surface area contributed by atoms with E-state index in [1.807, 2.05) is 13.8 Å². The third-order valence-corrected chi connectivity index (χ3v) is 9.61. The first kappa shape index (κ1) is 18.5. The maximum atomic E-state index is 11.7. The van der Waals surface area contributed by atoms with Crippen LogP contribution in [0.4, 0.5) is 0 Å². The normalized spacial score (nSPS) is 48.2. The number of aliphatic hydroxyl groups excluding tert-OH is 1. The average molecular weight is 361 g/mol. The van der Waals surface area contributed by atoms with E-state index in [2.05, 4.69) is 19.9 Å². The molecular weight excluding hydrogens is 324 g/mol. The molecule has 0 aliphatic heterocycles. The summed E-state index contributed by atoms with van der Waals surface area (Å²) in [7, 11) is 0. The van der Waals surface area contributed by atoms with E-state index in [0.29, 0.717) is 17.3 Å². The van der Waals surface area contributed by atoms with Crippen LogP contribution in [0.15, 0.2) is 11.6 Å². The minimum Gasteiger partial charge on any atom is -0.481 e. The molecule has 0 aromatic heterocycles. The van der Waals surface area contributed by atoms with Crippen LogP contribution in [-0.2, 0) is 4.79 Å². The summed E-state index contributed by atoms with van der Waals surface area (Å²) in [5, 5.41) is 20.2. The van der Waals surface area contributed by atoms with E-state index < -0.39 is 11.4 Å². The average Bonchev–Trinajstić information content (AvgIpc) is 2.89. The van der Waals surface area contributed by atoms with Gasteiger partial charge in [-0.2, -0.15) is 0 Å². The molecule has 0 radical (unpaired) electrons. The van der Waals surface area contributed by atoms with Crippen molar-refractivity contribution in [3.05, 3.63) is 11.6 Å². The van der Waals surface area contributed by atoms with Crippen molar-refractivity contribution in [2.75, 3.05) is 0 Å². The Morgan fingerprint density at radius 3 is 2.46 bits per heavy atom. The van der Waals surface area contributed by atoms with Crippen molar-refractivity contribution in [3.8, 4) is 0 Å². The zero-order valence-corrected chi connectivity index (χ0v) is 16.9. The van der Waals surface area contributed by atoms with Gasteiger partial charge in [-0.15, -0.1) is 0 Å². The maximum absolute atomic E-state index is 11.7. The van der Waals surface area contributed by atoms with Gasteiger partial charge in [-0.05, 0) is 99.7 Å². The Morgan fingerprint density at radius 2 is 1.77 bits per heavy atom. The lowest BCUT2D eigenvalue weighted by Gasteiger charge is -2.60.